The van der Waals surface area contributed by atoms with Crippen LogP contribution in [0.3, 0.4) is 0 Å². The number of nitrogens with one attached hydrogen (secondary N) is 2. The fraction of sp³-hybridized carbons (Fsp3) is 0.350. The summed E-state index contributed by atoms with van der Waals surface area (Å²) < 4.78 is 8.18. The Labute approximate surface area is 198 Å². The fourth-order valence-electron chi connectivity index (χ4n) is 2.59. The number of thiophene rings is 1. The molecule has 1 amide bonds. The smallest absolute Gasteiger partial charge is 0.348 e. The number of hydrogen-bond donors (Lipinski definition) is 2. The van der Waals surface area contributed by atoms with Gasteiger partial charge in [0.1, 0.15) is 16.0 Å². The Morgan fingerprint density at radius 3 is 2.16 bits per heavy atom. The molecule has 0 saturated carbocycles. The Morgan fingerprint density at radius 2 is 1.61 bits per heavy atom. The van der Waals surface area contributed by atoms with E-state index in [0.717, 1.165) is 11.3 Å². The van der Waals surface area contributed by atoms with Crippen LogP contribution in [-0.2, 0) is 9.47 Å². The number of carbonyl (C=O) groups excluding carboxylic acids is 3. The molecule has 0 radical (unpaired) electrons. The molecule has 1 heterocycles. The lowest BCUT2D eigenvalue weighted by Crippen LogP contribution is -2.49. The van der Waals surface area contributed by atoms with E-state index in [2.05, 4.69) is 10.6 Å². The second kappa shape index (κ2) is 11.0. The Morgan fingerprint density at radius 1 is 1.03 bits per heavy atom. The average Bonchev–Trinajstić information content (AvgIpc) is 3.04. The molecule has 0 aliphatic carbocycles. The summed E-state index contributed by atoms with van der Waals surface area (Å²) >= 11 is 19.2. The second-order valence-electron chi connectivity index (χ2n) is 6.16. The summed E-state index contributed by atoms with van der Waals surface area (Å²) in [5, 5.41) is 5.66. The van der Waals surface area contributed by atoms with Crippen molar-refractivity contribution in [1.82, 2.24) is 5.32 Å². The first kappa shape index (κ1) is 25.3. The van der Waals surface area contributed by atoms with E-state index in [1.165, 1.54) is 0 Å². The highest BCUT2D eigenvalue weighted by atomic mass is 35.6. The molecule has 31 heavy (non-hydrogen) atoms. The zero-order chi connectivity index (χ0) is 23.2. The van der Waals surface area contributed by atoms with E-state index in [0.29, 0.717) is 11.1 Å². The number of carbonyl (C=O) groups is 3. The molecule has 168 valence electrons. The second-order valence-corrected chi connectivity index (χ2v) is 9.55. The van der Waals surface area contributed by atoms with Gasteiger partial charge in [-0.3, -0.25) is 4.79 Å². The number of ether oxygens (including phenoxy) is 2. The van der Waals surface area contributed by atoms with Gasteiger partial charge in [-0.1, -0.05) is 53.0 Å². The van der Waals surface area contributed by atoms with Crippen LogP contribution in [0.25, 0.3) is 0 Å². The van der Waals surface area contributed by atoms with Crippen LogP contribution < -0.4 is 10.6 Å². The Bertz CT molecular complexity index is 944. The standard InChI is InChI=1S/C20H21Cl3N2O5S/c1-4-29-17(27)13-11(3)14(18(28)30-5-2)31-16(13)25-19(20(21,22)23)24-15(26)12-9-7-6-8-10-12/h6-10,19,25H,4-5H2,1-3H3,(H,24,26)/t19-/m1/s1. The molecular formula is C20H21Cl3N2O5S. The zero-order valence-corrected chi connectivity index (χ0v) is 20.0. The maximum Gasteiger partial charge on any atom is 0.348 e. The van der Waals surface area contributed by atoms with Crippen LogP contribution in [0.5, 0.6) is 0 Å². The summed E-state index contributed by atoms with van der Waals surface area (Å²) in [6.07, 6.45) is -1.23. The molecule has 7 nitrogen and oxygen atoms in total. The van der Waals surface area contributed by atoms with Gasteiger partial charge in [0, 0.05) is 5.56 Å². The molecule has 0 aliphatic rings. The molecule has 11 heteroatoms. The number of rotatable bonds is 8. The van der Waals surface area contributed by atoms with E-state index in [9.17, 15) is 14.4 Å². The number of amides is 1. The number of esters is 2. The van der Waals surface area contributed by atoms with Crippen molar-refractivity contribution < 1.29 is 23.9 Å². The third-order valence-electron chi connectivity index (χ3n) is 4.00. The normalized spacial score (nSPS) is 12.1. The minimum Gasteiger partial charge on any atom is -0.462 e. The molecule has 0 aliphatic heterocycles. The molecule has 1 aromatic heterocycles. The van der Waals surface area contributed by atoms with Crippen molar-refractivity contribution in [2.24, 2.45) is 0 Å². The van der Waals surface area contributed by atoms with Gasteiger partial charge >= 0.3 is 11.9 Å². The fourth-order valence-corrected chi connectivity index (χ4v) is 4.03. The SMILES string of the molecule is CCOC(=O)c1sc(N[C@@H](NC(=O)c2ccccc2)C(Cl)(Cl)Cl)c(C(=O)OCC)c1C. The maximum absolute atomic E-state index is 12.6. The van der Waals surface area contributed by atoms with Gasteiger partial charge < -0.3 is 20.1 Å². The Hall–Kier alpha value is -2.00. The first-order valence-corrected chi connectivity index (χ1v) is 11.2. The van der Waals surface area contributed by atoms with Crippen molar-refractivity contribution in [3.8, 4) is 0 Å². The summed E-state index contributed by atoms with van der Waals surface area (Å²) in [6.45, 7) is 5.21. The maximum atomic E-state index is 12.6. The highest BCUT2D eigenvalue weighted by Gasteiger charge is 2.37. The molecule has 0 fully saturated rings. The largest absolute Gasteiger partial charge is 0.462 e. The van der Waals surface area contributed by atoms with Crippen molar-refractivity contribution in [1.29, 1.82) is 0 Å². The minimum absolute atomic E-state index is 0.100. The summed E-state index contributed by atoms with van der Waals surface area (Å²) in [5.41, 5.74) is 0.814. The van der Waals surface area contributed by atoms with Gasteiger partial charge in [0.15, 0.2) is 0 Å². The van der Waals surface area contributed by atoms with E-state index in [1.54, 1.807) is 51.1 Å². The van der Waals surface area contributed by atoms with Crippen molar-refractivity contribution in [2.75, 3.05) is 18.5 Å². The molecule has 0 unspecified atom stereocenters. The topological polar surface area (TPSA) is 93.7 Å². The predicted octanol–water partition coefficient (Wildman–Crippen LogP) is 4.95. The van der Waals surface area contributed by atoms with Crippen LogP contribution in [0.4, 0.5) is 5.00 Å². The summed E-state index contributed by atoms with van der Waals surface area (Å²) in [7, 11) is 0. The highest BCUT2D eigenvalue weighted by molar-refractivity contribution is 7.18. The first-order chi connectivity index (χ1) is 14.6. The lowest BCUT2D eigenvalue weighted by molar-refractivity contribution is 0.0527. The predicted molar refractivity (Wildman–Crippen MR) is 123 cm³/mol. The molecule has 0 spiro atoms. The first-order valence-electron chi connectivity index (χ1n) is 9.26. The molecule has 2 aromatic rings. The molecular weight excluding hydrogens is 487 g/mol. The lowest BCUT2D eigenvalue weighted by Gasteiger charge is -2.27. The number of benzene rings is 1. The molecule has 0 saturated heterocycles. The van der Waals surface area contributed by atoms with E-state index in [1.807, 2.05) is 0 Å². The highest BCUT2D eigenvalue weighted by Crippen LogP contribution is 2.38. The quantitative estimate of drug-likeness (QED) is 0.298. The van der Waals surface area contributed by atoms with Crippen LogP contribution in [0.2, 0.25) is 0 Å². The summed E-state index contributed by atoms with van der Waals surface area (Å²) in [4.78, 5) is 37.7. The van der Waals surface area contributed by atoms with Crippen molar-refractivity contribution in [2.45, 2.75) is 30.7 Å². The summed E-state index contributed by atoms with van der Waals surface area (Å²) in [6, 6.07) is 8.35. The van der Waals surface area contributed by atoms with Crippen molar-refractivity contribution >= 4 is 69.0 Å². The molecule has 1 aromatic carbocycles. The van der Waals surface area contributed by atoms with Gasteiger partial charge in [-0.2, -0.15) is 0 Å². The van der Waals surface area contributed by atoms with Gasteiger partial charge in [-0.15, -0.1) is 11.3 Å². The van der Waals surface area contributed by atoms with E-state index >= 15 is 0 Å². The molecule has 2 N–H and O–H groups in total. The van der Waals surface area contributed by atoms with Gasteiger partial charge in [-0.05, 0) is 38.5 Å². The van der Waals surface area contributed by atoms with Crippen LogP contribution in [0.15, 0.2) is 30.3 Å². The van der Waals surface area contributed by atoms with E-state index in [-0.39, 0.29) is 28.7 Å². The van der Waals surface area contributed by atoms with Gasteiger partial charge in [0.05, 0.1) is 18.8 Å². The van der Waals surface area contributed by atoms with Crippen LogP contribution >= 0.6 is 46.1 Å². The number of halogens is 3. The van der Waals surface area contributed by atoms with Crippen LogP contribution in [0.1, 0.15) is 49.8 Å². The Balaban J connectivity index is 2.42. The van der Waals surface area contributed by atoms with Crippen LogP contribution in [-0.4, -0.2) is 41.0 Å². The minimum atomic E-state index is -1.99. The number of alkyl halides is 3. The van der Waals surface area contributed by atoms with Gasteiger partial charge in [0.2, 0.25) is 3.79 Å². The van der Waals surface area contributed by atoms with Crippen molar-refractivity contribution in [3.63, 3.8) is 0 Å². The molecule has 1 atom stereocenters. The molecule has 0 bridgehead atoms. The van der Waals surface area contributed by atoms with Gasteiger partial charge in [-0.25, -0.2) is 9.59 Å². The third kappa shape index (κ3) is 6.49. The van der Waals surface area contributed by atoms with Gasteiger partial charge in [0.25, 0.3) is 5.91 Å². The van der Waals surface area contributed by atoms with E-state index < -0.39 is 27.8 Å². The monoisotopic (exact) mass is 506 g/mol. The Kier molecular flexibility index (Phi) is 9.00. The lowest BCUT2D eigenvalue weighted by atomic mass is 10.1. The average molecular weight is 508 g/mol. The number of anilines is 1. The van der Waals surface area contributed by atoms with Crippen molar-refractivity contribution in [3.05, 3.63) is 51.9 Å². The van der Waals surface area contributed by atoms with Crippen LogP contribution in [0, 0.1) is 6.92 Å². The summed E-state index contributed by atoms with van der Waals surface area (Å²) in [5.74, 6) is -1.75. The zero-order valence-electron chi connectivity index (χ0n) is 17.0. The van der Waals surface area contributed by atoms with E-state index in [4.69, 9.17) is 44.3 Å². The number of hydrogen-bond acceptors (Lipinski definition) is 7. The third-order valence-corrected chi connectivity index (χ3v) is 5.86. The molecule has 2 rings (SSSR count).